The number of unbranched alkanes of at least 4 members (excludes halogenated alkanes) is 1. The number of ether oxygens (including phenoxy) is 2. The molecule has 1 saturated heterocycles. The van der Waals surface area contributed by atoms with Gasteiger partial charge in [-0.3, -0.25) is 14.5 Å². The molecule has 0 saturated carbocycles. The molecule has 0 aliphatic carbocycles. The first-order chi connectivity index (χ1) is 18.8. The lowest BCUT2D eigenvalue weighted by molar-refractivity contribution is -0.143. The highest BCUT2D eigenvalue weighted by molar-refractivity contribution is 5.79. The van der Waals surface area contributed by atoms with Gasteiger partial charge in [0.25, 0.3) is 0 Å². The number of amides is 1. The average Bonchev–Trinajstić information content (AvgIpc) is 3.62. The molecule has 0 spiro atoms. The largest absolute Gasteiger partial charge is 0.481 e. The quantitative estimate of drug-likeness (QED) is 0.384. The monoisotopic (exact) mass is 542 g/mol. The molecule has 4 rings (SSSR count). The maximum atomic E-state index is 13.6. The lowest BCUT2D eigenvalue weighted by atomic mass is 9.83. The van der Waals surface area contributed by atoms with E-state index < -0.39 is 11.9 Å². The summed E-state index contributed by atoms with van der Waals surface area (Å²) in [5.41, 5.74) is 0.882. The van der Waals surface area contributed by atoms with Gasteiger partial charge in [0.2, 0.25) is 12.7 Å². The number of rotatable bonds is 14. The summed E-state index contributed by atoms with van der Waals surface area (Å²) in [5, 5.41) is 10.4. The molecule has 2 aliphatic heterocycles. The van der Waals surface area contributed by atoms with Gasteiger partial charge >= 0.3 is 5.97 Å². The minimum Gasteiger partial charge on any atom is -0.481 e. The van der Waals surface area contributed by atoms with Crippen LogP contribution >= 0.6 is 0 Å². The molecule has 1 aromatic carbocycles. The molecular weight excluding hydrogens is 500 g/mol. The number of aromatic nitrogens is 1. The van der Waals surface area contributed by atoms with Crippen LogP contribution in [0.25, 0.3) is 0 Å². The number of hydrogen-bond acceptors (Lipinski definition) is 8. The van der Waals surface area contributed by atoms with Crippen LogP contribution < -0.4 is 9.47 Å². The van der Waals surface area contributed by atoms with Gasteiger partial charge in [0, 0.05) is 38.0 Å². The zero-order valence-corrected chi connectivity index (χ0v) is 23.6. The van der Waals surface area contributed by atoms with Gasteiger partial charge in [-0.2, -0.15) is 0 Å². The first-order valence-corrected chi connectivity index (χ1v) is 14.0. The number of oxazole rings is 1. The SMILES string of the molecule is CCCCN(CCCN(C)C)C(=O)CN1C[C@H](c2ccc3c(c2)OCO3)[C@@H](C(=O)O)[C@@H]1CCc1ncc(C)o1. The third-order valence-corrected chi connectivity index (χ3v) is 7.69. The van der Waals surface area contributed by atoms with Crippen molar-refractivity contribution in [2.75, 3.05) is 53.6 Å². The fourth-order valence-electron chi connectivity index (χ4n) is 5.68. The fourth-order valence-corrected chi connectivity index (χ4v) is 5.68. The normalized spacial score (nSPS) is 20.6. The van der Waals surface area contributed by atoms with E-state index in [0.717, 1.165) is 37.1 Å². The summed E-state index contributed by atoms with van der Waals surface area (Å²) in [5.74, 6) is 0.805. The van der Waals surface area contributed by atoms with E-state index in [9.17, 15) is 14.7 Å². The molecule has 3 heterocycles. The van der Waals surface area contributed by atoms with Crippen molar-refractivity contribution in [3.8, 4) is 11.5 Å². The predicted octanol–water partition coefficient (Wildman–Crippen LogP) is 3.39. The van der Waals surface area contributed by atoms with Crippen LogP contribution in [-0.4, -0.2) is 96.3 Å². The number of fused-ring (bicyclic) bond motifs is 1. The highest BCUT2D eigenvalue weighted by Crippen LogP contribution is 2.43. The number of hydrogen-bond donors (Lipinski definition) is 1. The number of carbonyl (C=O) groups excluding carboxylic acids is 1. The molecule has 10 heteroatoms. The van der Waals surface area contributed by atoms with E-state index in [1.807, 2.05) is 44.1 Å². The number of nitrogens with zero attached hydrogens (tertiary/aromatic N) is 4. The molecule has 2 aliphatic rings. The minimum absolute atomic E-state index is 0.0506. The molecule has 39 heavy (non-hydrogen) atoms. The summed E-state index contributed by atoms with van der Waals surface area (Å²) in [4.78, 5) is 36.8. The van der Waals surface area contributed by atoms with Crippen LogP contribution in [-0.2, 0) is 16.0 Å². The molecule has 1 aromatic heterocycles. The molecule has 10 nitrogen and oxygen atoms in total. The zero-order chi connectivity index (χ0) is 27.9. The Morgan fingerprint density at radius 3 is 2.59 bits per heavy atom. The highest BCUT2D eigenvalue weighted by Gasteiger charge is 2.47. The maximum Gasteiger partial charge on any atom is 0.308 e. The Morgan fingerprint density at radius 1 is 1.13 bits per heavy atom. The second kappa shape index (κ2) is 13.3. The number of carboxylic acid groups (broad SMARTS) is 1. The molecule has 1 N–H and O–H groups in total. The first-order valence-electron chi connectivity index (χ1n) is 14.0. The van der Waals surface area contributed by atoms with E-state index >= 15 is 0 Å². The van der Waals surface area contributed by atoms with Crippen LogP contribution in [0.3, 0.4) is 0 Å². The number of aliphatic carboxylic acids is 1. The van der Waals surface area contributed by atoms with E-state index in [4.69, 9.17) is 13.9 Å². The number of carboxylic acids is 1. The van der Waals surface area contributed by atoms with E-state index in [-0.39, 0.29) is 31.2 Å². The fraction of sp³-hybridized carbons (Fsp3) is 0.621. The number of benzene rings is 1. The van der Waals surface area contributed by atoms with E-state index in [1.165, 1.54) is 0 Å². The third kappa shape index (κ3) is 7.30. The van der Waals surface area contributed by atoms with Gasteiger partial charge in [-0.1, -0.05) is 19.4 Å². The van der Waals surface area contributed by atoms with Gasteiger partial charge < -0.3 is 28.8 Å². The average molecular weight is 543 g/mol. The summed E-state index contributed by atoms with van der Waals surface area (Å²) in [6.45, 7) is 7.09. The topological polar surface area (TPSA) is 109 Å². The van der Waals surface area contributed by atoms with Crippen molar-refractivity contribution in [2.45, 2.75) is 57.9 Å². The Kier molecular flexibility index (Phi) is 9.85. The summed E-state index contributed by atoms with van der Waals surface area (Å²) in [7, 11) is 4.06. The van der Waals surface area contributed by atoms with E-state index in [1.54, 1.807) is 6.20 Å². The third-order valence-electron chi connectivity index (χ3n) is 7.69. The Labute approximate surface area is 230 Å². The van der Waals surface area contributed by atoms with Crippen molar-refractivity contribution in [3.05, 3.63) is 41.6 Å². The second-order valence-electron chi connectivity index (χ2n) is 10.9. The molecule has 1 amide bonds. The van der Waals surface area contributed by atoms with Gasteiger partial charge in [0.05, 0.1) is 18.7 Å². The Morgan fingerprint density at radius 2 is 1.90 bits per heavy atom. The number of carbonyl (C=O) groups is 2. The summed E-state index contributed by atoms with van der Waals surface area (Å²) in [6, 6.07) is 5.30. The summed E-state index contributed by atoms with van der Waals surface area (Å²) in [6.07, 6.45) is 5.55. The summed E-state index contributed by atoms with van der Waals surface area (Å²) >= 11 is 0. The van der Waals surface area contributed by atoms with Crippen molar-refractivity contribution in [1.29, 1.82) is 0 Å². The second-order valence-corrected chi connectivity index (χ2v) is 10.9. The molecule has 2 aromatic rings. The molecule has 1 fully saturated rings. The van der Waals surface area contributed by atoms with Gasteiger partial charge in [-0.25, -0.2) is 4.98 Å². The Hall–Kier alpha value is -3.11. The van der Waals surface area contributed by atoms with Crippen LogP contribution in [0.15, 0.2) is 28.8 Å². The van der Waals surface area contributed by atoms with Crippen molar-refractivity contribution in [2.24, 2.45) is 5.92 Å². The molecule has 0 unspecified atom stereocenters. The van der Waals surface area contributed by atoms with Crippen molar-refractivity contribution in [1.82, 2.24) is 19.7 Å². The van der Waals surface area contributed by atoms with Crippen LogP contribution in [0.5, 0.6) is 11.5 Å². The van der Waals surface area contributed by atoms with E-state index in [2.05, 4.69) is 21.7 Å². The highest BCUT2D eigenvalue weighted by atomic mass is 16.7. The van der Waals surface area contributed by atoms with Crippen molar-refractivity contribution in [3.63, 3.8) is 0 Å². The van der Waals surface area contributed by atoms with Crippen LogP contribution in [0.2, 0.25) is 0 Å². The van der Waals surface area contributed by atoms with Gasteiger partial charge in [0.15, 0.2) is 17.4 Å². The smallest absolute Gasteiger partial charge is 0.308 e. The molecule has 0 radical (unpaired) electrons. The van der Waals surface area contributed by atoms with Crippen LogP contribution in [0, 0.1) is 12.8 Å². The Balaban J connectivity index is 1.56. The molecule has 0 bridgehead atoms. The minimum atomic E-state index is -0.866. The number of aryl methyl sites for hydroxylation is 2. The van der Waals surface area contributed by atoms with E-state index in [0.29, 0.717) is 49.9 Å². The Bertz CT molecular complexity index is 1120. The molecular formula is C29H42N4O6. The molecule has 3 atom stereocenters. The first kappa shape index (κ1) is 28.9. The standard InChI is InChI=1S/C29H42N4O6/c1-5-6-13-32(14-7-12-31(3)4)27(34)18-33-17-22(21-8-10-24-25(15-21)38-19-37-24)28(29(35)36)23(33)9-11-26-30-16-20(2)39-26/h8,10,15-16,22-23,28H,5-7,9,11-14,17-19H2,1-4H3,(H,35,36)/t22-,23+,28-/m1/s1. The maximum absolute atomic E-state index is 13.6. The van der Waals surface area contributed by atoms with Crippen molar-refractivity contribution < 1.29 is 28.6 Å². The number of likely N-dealkylation sites (tertiary alicyclic amines) is 1. The van der Waals surface area contributed by atoms with Crippen molar-refractivity contribution >= 4 is 11.9 Å². The summed E-state index contributed by atoms with van der Waals surface area (Å²) < 4.78 is 16.7. The zero-order valence-electron chi connectivity index (χ0n) is 23.6. The van der Waals surface area contributed by atoms with Crippen LogP contribution in [0.1, 0.15) is 55.7 Å². The van der Waals surface area contributed by atoms with Crippen LogP contribution in [0.4, 0.5) is 0 Å². The van der Waals surface area contributed by atoms with Gasteiger partial charge in [0.1, 0.15) is 5.76 Å². The van der Waals surface area contributed by atoms with Gasteiger partial charge in [-0.05, 0) is 64.5 Å². The predicted molar refractivity (Wildman–Crippen MR) is 146 cm³/mol. The lowest BCUT2D eigenvalue weighted by Gasteiger charge is -2.30. The lowest BCUT2D eigenvalue weighted by Crippen LogP contribution is -2.45. The van der Waals surface area contributed by atoms with Gasteiger partial charge in [-0.15, -0.1) is 0 Å². The molecule has 214 valence electrons.